The van der Waals surface area contributed by atoms with Gasteiger partial charge in [-0.2, -0.15) is 5.10 Å². The minimum atomic E-state index is -0.489. The zero-order valence-corrected chi connectivity index (χ0v) is 14.9. The van der Waals surface area contributed by atoms with E-state index >= 15 is 0 Å². The van der Waals surface area contributed by atoms with Gasteiger partial charge in [-0.1, -0.05) is 38.1 Å². The molecule has 0 aromatic heterocycles. The van der Waals surface area contributed by atoms with E-state index in [1.807, 2.05) is 25.1 Å². The van der Waals surface area contributed by atoms with Crippen LogP contribution in [0.2, 0.25) is 0 Å². The van der Waals surface area contributed by atoms with Crippen molar-refractivity contribution < 1.29 is 14.5 Å². The molecule has 7 heteroatoms. The van der Waals surface area contributed by atoms with Crippen molar-refractivity contribution in [2.45, 2.75) is 26.7 Å². The first kappa shape index (κ1) is 19.1. The first-order chi connectivity index (χ1) is 12.4. The maximum atomic E-state index is 11.9. The highest BCUT2D eigenvalue weighted by Gasteiger charge is 2.08. The summed E-state index contributed by atoms with van der Waals surface area (Å²) in [6.07, 6.45) is 1.34. The van der Waals surface area contributed by atoms with Crippen LogP contribution in [-0.4, -0.2) is 23.7 Å². The molecule has 0 fully saturated rings. The minimum absolute atomic E-state index is 0.0379. The third-order valence-corrected chi connectivity index (χ3v) is 3.72. The van der Waals surface area contributed by atoms with Crippen LogP contribution in [0, 0.1) is 17.0 Å². The Morgan fingerprint density at radius 1 is 1.31 bits per heavy atom. The van der Waals surface area contributed by atoms with E-state index in [-0.39, 0.29) is 12.3 Å². The molecule has 0 atom stereocenters. The quantitative estimate of drug-likeness (QED) is 0.467. The molecule has 2 rings (SSSR count). The van der Waals surface area contributed by atoms with Crippen LogP contribution < -0.4 is 10.2 Å². The summed E-state index contributed by atoms with van der Waals surface area (Å²) in [5, 5.41) is 14.5. The number of carbonyl (C=O) groups is 1. The van der Waals surface area contributed by atoms with E-state index < -0.39 is 10.8 Å². The molecular weight excluding hydrogens is 334 g/mol. The Morgan fingerprint density at radius 3 is 2.77 bits per heavy atom. The summed E-state index contributed by atoms with van der Waals surface area (Å²) >= 11 is 0. The zero-order valence-electron chi connectivity index (χ0n) is 14.9. The van der Waals surface area contributed by atoms with Crippen LogP contribution in [0.1, 0.15) is 36.5 Å². The number of hydrogen-bond acceptors (Lipinski definition) is 5. The SMILES string of the molecule is Cc1ccc(C(C)C)cc1OCC(=O)N/N=C/c1cccc([N+](=O)[O-])c1. The van der Waals surface area contributed by atoms with Gasteiger partial charge in [-0.3, -0.25) is 14.9 Å². The molecule has 1 amide bonds. The smallest absolute Gasteiger partial charge is 0.277 e. The molecule has 136 valence electrons. The Balaban J connectivity index is 1.90. The second-order valence-corrected chi connectivity index (χ2v) is 6.11. The van der Waals surface area contributed by atoms with Crippen molar-refractivity contribution in [1.29, 1.82) is 0 Å². The summed E-state index contributed by atoms with van der Waals surface area (Å²) in [6, 6.07) is 11.9. The lowest BCUT2D eigenvalue weighted by atomic mass is 10.0. The van der Waals surface area contributed by atoms with Gasteiger partial charge < -0.3 is 4.74 Å². The first-order valence-electron chi connectivity index (χ1n) is 8.16. The lowest BCUT2D eigenvalue weighted by Crippen LogP contribution is -2.24. The van der Waals surface area contributed by atoms with E-state index in [1.54, 1.807) is 12.1 Å². The van der Waals surface area contributed by atoms with Crippen molar-refractivity contribution in [3.63, 3.8) is 0 Å². The van der Waals surface area contributed by atoms with Gasteiger partial charge in [-0.15, -0.1) is 0 Å². The largest absolute Gasteiger partial charge is 0.483 e. The van der Waals surface area contributed by atoms with Gasteiger partial charge in [0, 0.05) is 17.7 Å². The number of benzene rings is 2. The summed E-state index contributed by atoms with van der Waals surface area (Å²) in [4.78, 5) is 22.1. The fourth-order valence-corrected chi connectivity index (χ4v) is 2.20. The summed E-state index contributed by atoms with van der Waals surface area (Å²) in [7, 11) is 0. The van der Waals surface area contributed by atoms with Crippen molar-refractivity contribution in [2.75, 3.05) is 6.61 Å². The molecule has 2 aromatic carbocycles. The number of rotatable bonds is 7. The Hall–Kier alpha value is -3.22. The molecule has 0 radical (unpaired) electrons. The number of hydrogen-bond donors (Lipinski definition) is 1. The van der Waals surface area contributed by atoms with Crippen molar-refractivity contribution in [2.24, 2.45) is 5.10 Å². The molecule has 0 heterocycles. The van der Waals surface area contributed by atoms with Crippen molar-refractivity contribution in [3.8, 4) is 5.75 Å². The van der Waals surface area contributed by atoms with Crippen LogP contribution in [0.3, 0.4) is 0 Å². The van der Waals surface area contributed by atoms with Gasteiger partial charge in [0.05, 0.1) is 11.1 Å². The molecule has 26 heavy (non-hydrogen) atoms. The molecular formula is C19H21N3O4. The predicted molar refractivity (Wildman–Crippen MR) is 99.6 cm³/mol. The van der Waals surface area contributed by atoms with Crippen molar-refractivity contribution in [1.82, 2.24) is 5.43 Å². The summed E-state index contributed by atoms with van der Waals surface area (Å²) in [6.45, 7) is 5.92. The monoisotopic (exact) mass is 355 g/mol. The highest BCUT2D eigenvalue weighted by Crippen LogP contribution is 2.24. The predicted octanol–water partition coefficient (Wildman–Crippen LogP) is 3.56. The summed E-state index contributed by atoms with van der Waals surface area (Å²) in [5.74, 6) is 0.612. The number of carbonyl (C=O) groups excluding carboxylic acids is 1. The number of amides is 1. The third-order valence-electron chi connectivity index (χ3n) is 3.72. The maximum Gasteiger partial charge on any atom is 0.277 e. The fourth-order valence-electron chi connectivity index (χ4n) is 2.20. The van der Waals surface area contributed by atoms with Gasteiger partial charge in [0.25, 0.3) is 11.6 Å². The normalized spacial score (nSPS) is 10.9. The Morgan fingerprint density at radius 2 is 2.08 bits per heavy atom. The topological polar surface area (TPSA) is 93.8 Å². The number of nitrogens with zero attached hydrogens (tertiary/aromatic N) is 2. The van der Waals surface area contributed by atoms with E-state index in [0.717, 1.165) is 11.1 Å². The molecule has 0 aliphatic rings. The average molecular weight is 355 g/mol. The van der Waals surface area contributed by atoms with E-state index in [1.165, 1.54) is 18.3 Å². The number of aryl methyl sites for hydroxylation is 1. The van der Waals surface area contributed by atoms with Gasteiger partial charge in [0.1, 0.15) is 5.75 Å². The van der Waals surface area contributed by atoms with Crippen LogP contribution in [0.25, 0.3) is 0 Å². The van der Waals surface area contributed by atoms with Crippen LogP contribution in [0.4, 0.5) is 5.69 Å². The number of hydrazone groups is 1. The third kappa shape index (κ3) is 5.41. The maximum absolute atomic E-state index is 11.9. The fraction of sp³-hybridized carbons (Fsp3) is 0.263. The Bertz CT molecular complexity index is 831. The van der Waals surface area contributed by atoms with Crippen LogP contribution in [0.15, 0.2) is 47.6 Å². The molecule has 2 aromatic rings. The number of nitro groups is 1. The molecule has 0 saturated heterocycles. The second-order valence-electron chi connectivity index (χ2n) is 6.11. The lowest BCUT2D eigenvalue weighted by molar-refractivity contribution is -0.384. The van der Waals surface area contributed by atoms with E-state index in [9.17, 15) is 14.9 Å². The number of nitrogens with one attached hydrogen (secondary N) is 1. The van der Waals surface area contributed by atoms with Gasteiger partial charge >= 0.3 is 0 Å². The van der Waals surface area contributed by atoms with Crippen LogP contribution >= 0.6 is 0 Å². The van der Waals surface area contributed by atoms with Crippen molar-refractivity contribution >= 4 is 17.8 Å². The van der Waals surface area contributed by atoms with Crippen LogP contribution in [-0.2, 0) is 4.79 Å². The summed E-state index contributed by atoms with van der Waals surface area (Å²) in [5.41, 5.74) is 4.90. The van der Waals surface area contributed by atoms with E-state index in [0.29, 0.717) is 17.2 Å². The number of non-ortho nitro benzene ring substituents is 1. The van der Waals surface area contributed by atoms with Gasteiger partial charge in [-0.05, 0) is 30.0 Å². The van der Waals surface area contributed by atoms with Gasteiger partial charge in [-0.25, -0.2) is 5.43 Å². The lowest BCUT2D eigenvalue weighted by Gasteiger charge is -2.12. The van der Waals surface area contributed by atoms with E-state index in [2.05, 4.69) is 24.4 Å². The average Bonchev–Trinajstić information content (AvgIpc) is 2.61. The number of nitro benzene ring substituents is 1. The molecule has 0 saturated carbocycles. The molecule has 0 bridgehead atoms. The molecule has 0 spiro atoms. The standard InChI is InChI=1S/C19H21N3O4/c1-13(2)16-8-7-14(3)18(10-16)26-12-19(23)21-20-11-15-5-4-6-17(9-15)22(24)25/h4-11,13H,12H2,1-3H3,(H,21,23)/b20-11+. The highest BCUT2D eigenvalue weighted by molar-refractivity contribution is 5.83. The Labute approximate surface area is 151 Å². The summed E-state index contributed by atoms with van der Waals surface area (Å²) < 4.78 is 5.57. The molecule has 0 aliphatic carbocycles. The highest BCUT2D eigenvalue weighted by atomic mass is 16.6. The molecule has 1 N–H and O–H groups in total. The van der Waals surface area contributed by atoms with Crippen LogP contribution in [0.5, 0.6) is 5.75 Å². The van der Waals surface area contributed by atoms with Gasteiger partial charge in [0.2, 0.25) is 0 Å². The molecule has 0 unspecified atom stereocenters. The zero-order chi connectivity index (χ0) is 19.1. The molecule has 0 aliphatic heterocycles. The van der Waals surface area contributed by atoms with E-state index in [4.69, 9.17) is 4.74 Å². The molecule has 7 nitrogen and oxygen atoms in total. The van der Waals surface area contributed by atoms with Gasteiger partial charge in [0.15, 0.2) is 6.61 Å². The number of ether oxygens (including phenoxy) is 1. The first-order valence-corrected chi connectivity index (χ1v) is 8.16. The minimum Gasteiger partial charge on any atom is -0.483 e. The van der Waals surface area contributed by atoms with Crippen molar-refractivity contribution in [3.05, 3.63) is 69.3 Å². The Kier molecular flexibility index (Phi) is 6.43. The second kappa shape index (κ2) is 8.75.